The molecule has 0 radical (unpaired) electrons. The van der Waals surface area contributed by atoms with Crippen molar-refractivity contribution in [3.8, 4) is 0 Å². The van der Waals surface area contributed by atoms with Crippen LogP contribution in [0.4, 0.5) is 0 Å². The maximum Gasteiger partial charge on any atom is 0.137 e. The predicted octanol–water partition coefficient (Wildman–Crippen LogP) is 4.59. The first-order valence-corrected chi connectivity index (χ1v) is 7.83. The number of ether oxygens (including phenoxy) is 1. The fourth-order valence-corrected chi connectivity index (χ4v) is 3.49. The molecule has 1 aromatic carbocycles. The SMILES string of the molecule is Cc1nc2ccc(Br)cn2c1C1O[C@@H](C)c2ccccc21. The van der Waals surface area contributed by atoms with Gasteiger partial charge in [0.25, 0.3) is 0 Å². The average Bonchev–Trinajstić information content (AvgIpc) is 2.96. The fourth-order valence-electron chi connectivity index (χ4n) is 3.15. The van der Waals surface area contributed by atoms with E-state index in [2.05, 4.69) is 62.7 Å². The molecule has 2 aromatic heterocycles. The molecule has 1 aliphatic rings. The molecule has 0 bridgehead atoms. The van der Waals surface area contributed by atoms with Crippen LogP contribution in [0.2, 0.25) is 0 Å². The number of hydrogen-bond donors (Lipinski definition) is 0. The van der Waals surface area contributed by atoms with Gasteiger partial charge in [-0.25, -0.2) is 4.98 Å². The van der Waals surface area contributed by atoms with Crippen LogP contribution < -0.4 is 0 Å². The van der Waals surface area contributed by atoms with Gasteiger partial charge in [-0.05, 0) is 53.0 Å². The van der Waals surface area contributed by atoms with E-state index in [0.29, 0.717) is 0 Å². The first-order valence-electron chi connectivity index (χ1n) is 7.03. The van der Waals surface area contributed by atoms with Crippen molar-refractivity contribution in [3.63, 3.8) is 0 Å². The Bertz CT molecular complexity index is 840. The Morgan fingerprint density at radius 1 is 1.14 bits per heavy atom. The minimum absolute atomic E-state index is 0.0551. The lowest BCUT2D eigenvalue weighted by Crippen LogP contribution is -2.05. The predicted molar refractivity (Wildman–Crippen MR) is 85.4 cm³/mol. The van der Waals surface area contributed by atoms with Gasteiger partial charge in [-0.3, -0.25) is 4.40 Å². The molecule has 0 saturated carbocycles. The fraction of sp³-hybridized carbons (Fsp3) is 0.235. The van der Waals surface area contributed by atoms with Crippen LogP contribution in [-0.2, 0) is 4.74 Å². The standard InChI is InChI=1S/C17H15BrN2O/c1-10-16(20-9-12(18)7-8-15(20)19-10)17-14-6-4-3-5-13(14)11(2)21-17/h3-9,11,17H,1-2H3/t11-,17?/m0/s1. The highest BCUT2D eigenvalue weighted by Crippen LogP contribution is 2.43. The third kappa shape index (κ3) is 1.93. The number of hydrogen-bond acceptors (Lipinski definition) is 2. The number of aromatic nitrogens is 2. The zero-order valence-corrected chi connectivity index (χ0v) is 13.5. The number of nitrogens with zero attached hydrogens (tertiary/aromatic N) is 2. The zero-order chi connectivity index (χ0) is 14.6. The number of aryl methyl sites for hydroxylation is 1. The lowest BCUT2D eigenvalue weighted by molar-refractivity contribution is 0.0423. The molecule has 4 rings (SSSR count). The van der Waals surface area contributed by atoms with E-state index in [1.54, 1.807) is 0 Å². The second kappa shape index (κ2) is 4.68. The monoisotopic (exact) mass is 342 g/mol. The van der Waals surface area contributed by atoms with Crippen LogP contribution in [0.3, 0.4) is 0 Å². The third-order valence-electron chi connectivity index (χ3n) is 4.11. The average molecular weight is 343 g/mol. The van der Waals surface area contributed by atoms with Gasteiger partial charge in [-0.15, -0.1) is 0 Å². The largest absolute Gasteiger partial charge is 0.360 e. The first kappa shape index (κ1) is 13.0. The smallest absolute Gasteiger partial charge is 0.137 e. The minimum atomic E-state index is -0.0551. The second-order valence-corrected chi connectivity index (χ2v) is 6.36. The Balaban J connectivity index is 1.96. The molecular formula is C17H15BrN2O. The number of halogens is 1. The molecule has 21 heavy (non-hydrogen) atoms. The molecule has 2 atom stereocenters. The van der Waals surface area contributed by atoms with Crippen molar-refractivity contribution in [2.24, 2.45) is 0 Å². The van der Waals surface area contributed by atoms with Crippen LogP contribution in [0.25, 0.3) is 5.65 Å². The zero-order valence-electron chi connectivity index (χ0n) is 11.9. The van der Waals surface area contributed by atoms with Gasteiger partial charge in [0.05, 0.1) is 17.5 Å². The Morgan fingerprint density at radius 3 is 2.71 bits per heavy atom. The molecule has 106 valence electrons. The Kier molecular flexibility index (Phi) is 2.91. The summed E-state index contributed by atoms with van der Waals surface area (Å²) >= 11 is 3.54. The molecule has 0 amide bonds. The molecule has 1 aliphatic heterocycles. The summed E-state index contributed by atoms with van der Waals surface area (Å²) in [5.74, 6) is 0. The second-order valence-electron chi connectivity index (χ2n) is 5.45. The van der Waals surface area contributed by atoms with Crippen LogP contribution in [0.1, 0.15) is 41.6 Å². The van der Waals surface area contributed by atoms with Crippen LogP contribution >= 0.6 is 15.9 Å². The van der Waals surface area contributed by atoms with Crippen molar-refractivity contribution in [1.82, 2.24) is 9.38 Å². The van der Waals surface area contributed by atoms with E-state index in [1.165, 1.54) is 11.1 Å². The quantitative estimate of drug-likeness (QED) is 0.646. The molecule has 0 saturated heterocycles. The molecule has 3 heterocycles. The van der Waals surface area contributed by atoms with Crippen molar-refractivity contribution < 1.29 is 4.74 Å². The maximum atomic E-state index is 6.23. The molecule has 4 heteroatoms. The molecule has 0 aliphatic carbocycles. The lowest BCUT2D eigenvalue weighted by atomic mass is 10.0. The first-order chi connectivity index (χ1) is 10.1. The van der Waals surface area contributed by atoms with Gasteiger partial charge in [0.2, 0.25) is 0 Å². The summed E-state index contributed by atoms with van der Waals surface area (Å²) in [6, 6.07) is 12.5. The van der Waals surface area contributed by atoms with E-state index in [-0.39, 0.29) is 12.2 Å². The molecular weight excluding hydrogens is 328 g/mol. The van der Waals surface area contributed by atoms with E-state index in [4.69, 9.17) is 4.74 Å². The molecule has 0 fully saturated rings. The van der Waals surface area contributed by atoms with Crippen LogP contribution in [0.15, 0.2) is 47.1 Å². The van der Waals surface area contributed by atoms with Crippen LogP contribution in [0, 0.1) is 6.92 Å². The minimum Gasteiger partial charge on any atom is -0.360 e. The van der Waals surface area contributed by atoms with E-state index >= 15 is 0 Å². The summed E-state index contributed by atoms with van der Waals surface area (Å²) < 4.78 is 9.39. The van der Waals surface area contributed by atoms with Gasteiger partial charge in [-0.2, -0.15) is 0 Å². The molecule has 0 spiro atoms. The van der Waals surface area contributed by atoms with Gasteiger partial charge in [0.15, 0.2) is 0 Å². The Labute approximate surface area is 131 Å². The van der Waals surface area contributed by atoms with Crippen molar-refractivity contribution in [3.05, 3.63) is 69.6 Å². The van der Waals surface area contributed by atoms with Crippen molar-refractivity contribution in [2.45, 2.75) is 26.1 Å². The number of imidazole rings is 1. The number of benzene rings is 1. The molecule has 1 unspecified atom stereocenters. The summed E-state index contributed by atoms with van der Waals surface area (Å²) in [6.07, 6.45) is 2.11. The third-order valence-corrected chi connectivity index (χ3v) is 4.58. The Morgan fingerprint density at radius 2 is 1.90 bits per heavy atom. The van der Waals surface area contributed by atoms with E-state index in [1.807, 2.05) is 19.1 Å². The lowest BCUT2D eigenvalue weighted by Gasteiger charge is -2.13. The number of pyridine rings is 1. The topological polar surface area (TPSA) is 26.5 Å². The molecule has 3 nitrogen and oxygen atoms in total. The highest BCUT2D eigenvalue weighted by molar-refractivity contribution is 9.10. The molecule has 3 aromatic rings. The van der Waals surface area contributed by atoms with Crippen LogP contribution in [-0.4, -0.2) is 9.38 Å². The van der Waals surface area contributed by atoms with Gasteiger partial charge >= 0.3 is 0 Å². The van der Waals surface area contributed by atoms with E-state index < -0.39 is 0 Å². The summed E-state index contributed by atoms with van der Waals surface area (Å²) in [6.45, 7) is 4.15. The van der Waals surface area contributed by atoms with E-state index in [0.717, 1.165) is 21.5 Å². The summed E-state index contributed by atoms with van der Waals surface area (Å²) in [5, 5.41) is 0. The van der Waals surface area contributed by atoms with Crippen molar-refractivity contribution in [2.75, 3.05) is 0 Å². The normalized spacial score (nSPS) is 20.9. The van der Waals surface area contributed by atoms with Crippen LogP contribution in [0.5, 0.6) is 0 Å². The number of fused-ring (bicyclic) bond motifs is 2. The number of rotatable bonds is 1. The van der Waals surface area contributed by atoms with Crippen molar-refractivity contribution in [1.29, 1.82) is 0 Å². The highest BCUT2D eigenvalue weighted by Gasteiger charge is 2.33. The van der Waals surface area contributed by atoms with Gasteiger partial charge in [-0.1, -0.05) is 24.3 Å². The molecule has 0 N–H and O–H groups in total. The Hall–Kier alpha value is -1.65. The van der Waals surface area contributed by atoms with Gasteiger partial charge in [0, 0.05) is 10.7 Å². The summed E-state index contributed by atoms with van der Waals surface area (Å²) in [7, 11) is 0. The van der Waals surface area contributed by atoms with Gasteiger partial charge < -0.3 is 4.74 Å². The van der Waals surface area contributed by atoms with E-state index in [9.17, 15) is 0 Å². The summed E-state index contributed by atoms with van der Waals surface area (Å²) in [4.78, 5) is 4.66. The summed E-state index contributed by atoms with van der Waals surface area (Å²) in [5.41, 5.74) is 5.60. The maximum absolute atomic E-state index is 6.23. The highest BCUT2D eigenvalue weighted by atomic mass is 79.9. The van der Waals surface area contributed by atoms with Gasteiger partial charge in [0.1, 0.15) is 11.8 Å². The van der Waals surface area contributed by atoms with Crippen molar-refractivity contribution >= 4 is 21.6 Å².